The highest BCUT2D eigenvalue weighted by Crippen LogP contribution is 2.45. The largest absolute Gasteiger partial charge is 0.389 e. The van der Waals surface area contributed by atoms with Gasteiger partial charge in [-0.25, -0.2) is 8.42 Å². The summed E-state index contributed by atoms with van der Waals surface area (Å²) in [4.78, 5) is 0. The molecule has 0 radical (unpaired) electrons. The van der Waals surface area contributed by atoms with Crippen LogP contribution in [0.15, 0.2) is 0 Å². The minimum absolute atomic E-state index is 0.0640. The first kappa shape index (κ1) is 11.0. The van der Waals surface area contributed by atoms with Crippen LogP contribution in [0.4, 0.5) is 0 Å². The lowest BCUT2D eigenvalue weighted by atomic mass is 10.3. The van der Waals surface area contributed by atoms with Gasteiger partial charge in [0.15, 0.2) is 9.84 Å². The van der Waals surface area contributed by atoms with E-state index in [0.29, 0.717) is 0 Å². The molecule has 1 saturated carbocycles. The van der Waals surface area contributed by atoms with E-state index in [1.165, 1.54) is 0 Å². The minimum atomic E-state index is -3.40. The van der Waals surface area contributed by atoms with Crippen molar-refractivity contribution in [1.82, 2.24) is 0 Å². The molecule has 1 aliphatic carbocycles. The van der Waals surface area contributed by atoms with Gasteiger partial charge in [0.1, 0.15) is 0 Å². The Kier molecular flexibility index (Phi) is 2.98. The fourth-order valence-electron chi connectivity index (χ4n) is 0.906. The van der Waals surface area contributed by atoms with Gasteiger partial charge >= 0.3 is 0 Å². The monoisotopic (exact) mass is 324 g/mol. The predicted molar refractivity (Wildman–Crippen MR) is 56.2 cm³/mol. The molecular weight excluding hydrogens is 314 g/mol. The van der Waals surface area contributed by atoms with Crippen LogP contribution < -0.4 is 0 Å². The zero-order valence-corrected chi connectivity index (χ0v) is 10.2. The molecule has 12 heavy (non-hydrogen) atoms. The second-order valence-electron chi connectivity index (χ2n) is 3.12. The number of alkyl halides is 2. The third-order valence-electron chi connectivity index (χ3n) is 1.91. The Morgan fingerprint density at radius 1 is 1.67 bits per heavy atom. The SMILES string of the molecule is CS(=O)(=O)[C@@](Cl)(I)[C@@H](O)C1CC1. The van der Waals surface area contributed by atoms with Crippen LogP contribution in [-0.4, -0.2) is 28.1 Å². The second-order valence-corrected chi connectivity index (χ2v) is 9.20. The first-order valence-corrected chi connectivity index (χ1v) is 6.87. The molecule has 0 aromatic rings. The standard InChI is InChI=1S/C6H10ClIO3S/c1-12(10,11)6(7,8)5(9)4-2-3-4/h4-5,9H,2-3H2,1H3/t5-,6-/m0/s1. The van der Waals surface area contributed by atoms with E-state index in [1.807, 2.05) is 0 Å². The summed E-state index contributed by atoms with van der Waals surface area (Å²) in [5, 5.41) is 9.53. The van der Waals surface area contributed by atoms with E-state index in [-0.39, 0.29) is 5.92 Å². The zero-order chi connectivity index (χ0) is 9.57. The van der Waals surface area contributed by atoms with Gasteiger partial charge in [0.25, 0.3) is 0 Å². The minimum Gasteiger partial charge on any atom is -0.389 e. The van der Waals surface area contributed by atoms with Gasteiger partial charge in [-0.05, 0) is 41.4 Å². The highest BCUT2D eigenvalue weighted by Gasteiger charge is 2.49. The maximum atomic E-state index is 11.1. The van der Waals surface area contributed by atoms with Gasteiger partial charge in [-0.15, -0.1) is 0 Å². The molecule has 6 heteroatoms. The lowest BCUT2D eigenvalue weighted by Crippen LogP contribution is -2.39. The summed E-state index contributed by atoms with van der Waals surface area (Å²) in [7, 11) is -3.40. The molecule has 2 atom stereocenters. The molecular formula is C6H10ClIO3S. The van der Waals surface area contributed by atoms with Crippen molar-refractivity contribution in [1.29, 1.82) is 0 Å². The molecule has 1 N–H and O–H groups in total. The van der Waals surface area contributed by atoms with Crippen molar-refractivity contribution in [3.8, 4) is 0 Å². The summed E-state index contributed by atoms with van der Waals surface area (Å²) >= 11 is 7.34. The number of rotatable bonds is 3. The Hall–Kier alpha value is 0.930. The van der Waals surface area contributed by atoms with Gasteiger partial charge < -0.3 is 5.11 Å². The number of hydrogen-bond acceptors (Lipinski definition) is 3. The Bertz CT molecular complexity index is 271. The van der Waals surface area contributed by atoms with Crippen LogP contribution in [0.3, 0.4) is 0 Å². The second kappa shape index (κ2) is 3.25. The van der Waals surface area contributed by atoms with E-state index in [4.69, 9.17) is 11.6 Å². The third-order valence-corrected chi connectivity index (χ3v) is 7.24. The van der Waals surface area contributed by atoms with Gasteiger partial charge in [0.05, 0.1) is 6.10 Å². The molecule has 0 spiro atoms. The molecule has 3 nitrogen and oxygen atoms in total. The predicted octanol–water partition coefficient (Wildman–Crippen LogP) is 1.13. The molecule has 0 heterocycles. The lowest BCUT2D eigenvalue weighted by Gasteiger charge is -2.23. The number of aliphatic hydroxyl groups excluding tert-OH is 1. The van der Waals surface area contributed by atoms with Crippen molar-refractivity contribution in [2.45, 2.75) is 21.2 Å². The van der Waals surface area contributed by atoms with Crippen LogP contribution in [0.1, 0.15) is 12.8 Å². The molecule has 0 aliphatic heterocycles. The van der Waals surface area contributed by atoms with Crippen LogP contribution >= 0.6 is 34.2 Å². The summed E-state index contributed by atoms with van der Waals surface area (Å²) < 4.78 is 20.7. The summed E-state index contributed by atoms with van der Waals surface area (Å²) in [6.45, 7) is 0. The van der Waals surface area contributed by atoms with E-state index in [2.05, 4.69) is 0 Å². The fourth-order valence-corrected chi connectivity index (χ4v) is 2.22. The molecule has 1 fully saturated rings. The quantitative estimate of drug-likeness (QED) is 0.625. The number of hydrogen-bond donors (Lipinski definition) is 1. The summed E-state index contributed by atoms with van der Waals surface area (Å²) in [5.74, 6) is 0.0640. The molecule has 0 amide bonds. The molecule has 72 valence electrons. The third kappa shape index (κ3) is 2.05. The summed E-state index contributed by atoms with van der Waals surface area (Å²) in [6, 6.07) is 0. The Morgan fingerprint density at radius 2 is 2.08 bits per heavy atom. The van der Waals surface area contributed by atoms with Crippen molar-refractivity contribution in [2.24, 2.45) is 5.92 Å². The fraction of sp³-hybridized carbons (Fsp3) is 1.00. The molecule has 1 rings (SSSR count). The van der Waals surface area contributed by atoms with Crippen LogP contribution in [0.25, 0.3) is 0 Å². The van der Waals surface area contributed by atoms with Gasteiger partial charge in [-0.3, -0.25) is 0 Å². The molecule has 0 unspecified atom stereocenters. The van der Waals surface area contributed by atoms with E-state index in [0.717, 1.165) is 19.1 Å². The summed E-state index contributed by atoms with van der Waals surface area (Å²) in [5.41, 5.74) is 0. The Balaban J connectivity index is 2.83. The number of aliphatic hydroxyl groups is 1. The molecule has 0 aromatic carbocycles. The lowest BCUT2D eigenvalue weighted by molar-refractivity contribution is 0.160. The Morgan fingerprint density at radius 3 is 2.33 bits per heavy atom. The van der Waals surface area contributed by atoms with Gasteiger partial charge in [-0.1, -0.05) is 11.6 Å². The topological polar surface area (TPSA) is 54.4 Å². The maximum absolute atomic E-state index is 11.1. The van der Waals surface area contributed by atoms with Crippen molar-refractivity contribution < 1.29 is 13.5 Å². The zero-order valence-electron chi connectivity index (χ0n) is 6.50. The molecule has 1 aliphatic rings. The highest BCUT2D eigenvalue weighted by molar-refractivity contribution is 14.1. The van der Waals surface area contributed by atoms with E-state index < -0.39 is 18.2 Å². The smallest absolute Gasteiger partial charge is 0.221 e. The molecule has 0 aromatic heterocycles. The van der Waals surface area contributed by atoms with Crippen molar-refractivity contribution >= 4 is 44.0 Å². The van der Waals surface area contributed by atoms with E-state index in [1.54, 1.807) is 22.6 Å². The van der Waals surface area contributed by atoms with Crippen molar-refractivity contribution in [3.05, 3.63) is 0 Å². The molecule has 0 saturated heterocycles. The van der Waals surface area contributed by atoms with Crippen molar-refractivity contribution in [3.63, 3.8) is 0 Å². The van der Waals surface area contributed by atoms with Gasteiger partial charge in [0, 0.05) is 6.26 Å². The van der Waals surface area contributed by atoms with E-state index in [9.17, 15) is 13.5 Å². The summed E-state index contributed by atoms with van der Waals surface area (Å²) in [6.07, 6.45) is 1.83. The van der Waals surface area contributed by atoms with Crippen LogP contribution in [0, 0.1) is 5.92 Å². The normalized spacial score (nSPS) is 26.3. The van der Waals surface area contributed by atoms with Crippen LogP contribution in [0.5, 0.6) is 0 Å². The molecule has 0 bridgehead atoms. The average molecular weight is 325 g/mol. The average Bonchev–Trinajstić information content (AvgIpc) is 2.64. The first-order valence-electron chi connectivity index (χ1n) is 3.52. The van der Waals surface area contributed by atoms with Crippen LogP contribution in [-0.2, 0) is 9.84 Å². The highest BCUT2D eigenvalue weighted by atomic mass is 127. The number of halogens is 2. The van der Waals surface area contributed by atoms with Crippen molar-refractivity contribution in [2.75, 3.05) is 6.26 Å². The van der Waals surface area contributed by atoms with Gasteiger partial charge in [-0.2, -0.15) is 0 Å². The first-order chi connectivity index (χ1) is 5.27. The van der Waals surface area contributed by atoms with E-state index >= 15 is 0 Å². The number of sulfone groups is 1. The maximum Gasteiger partial charge on any atom is 0.221 e. The Labute approximate surface area is 90.5 Å². The van der Waals surface area contributed by atoms with Gasteiger partial charge in [0.2, 0.25) is 2.21 Å². The van der Waals surface area contributed by atoms with Crippen LogP contribution in [0.2, 0.25) is 0 Å².